The van der Waals surface area contributed by atoms with E-state index in [0.717, 1.165) is 11.3 Å². The predicted octanol–water partition coefficient (Wildman–Crippen LogP) is 1.85. The summed E-state index contributed by atoms with van der Waals surface area (Å²) < 4.78 is 11.0. The number of aliphatic carboxylic acids is 1. The molecule has 25 heavy (non-hydrogen) atoms. The normalized spacial score (nSPS) is 24.4. The molecule has 0 radical (unpaired) electrons. The predicted molar refractivity (Wildman–Crippen MR) is 87.4 cm³/mol. The molecule has 2 aliphatic heterocycles. The second-order valence-electron chi connectivity index (χ2n) is 6.20. The van der Waals surface area contributed by atoms with Crippen LogP contribution in [0.1, 0.15) is 26.2 Å². The van der Waals surface area contributed by atoms with Crippen molar-refractivity contribution in [3.8, 4) is 5.75 Å². The molecule has 1 aromatic carbocycles. The van der Waals surface area contributed by atoms with E-state index in [9.17, 15) is 19.5 Å². The van der Waals surface area contributed by atoms with Gasteiger partial charge in [0.25, 0.3) is 5.91 Å². The lowest BCUT2D eigenvalue weighted by Crippen LogP contribution is -2.53. The Hall–Kier alpha value is -2.77. The summed E-state index contributed by atoms with van der Waals surface area (Å²) >= 11 is 0. The number of hydrogen-bond acceptors (Lipinski definition) is 5. The number of anilines is 1. The molecule has 1 spiro atoms. The van der Waals surface area contributed by atoms with Crippen molar-refractivity contribution < 1.29 is 29.0 Å². The molecule has 2 aliphatic rings. The zero-order valence-electron chi connectivity index (χ0n) is 13.9. The fourth-order valence-corrected chi connectivity index (χ4v) is 3.06. The summed E-state index contributed by atoms with van der Waals surface area (Å²) in [7, 11) is 0. The van der Waals surface area contributed by atoms with Crippen LogP contribution in [0.25, 0.3) is 0 Å². The molecule has 1 fully saturated rings. The molecule has 8 nitrogen and oxygen atoms in total. The third-order valence-corrected chi connectivity index (χ3v) is 4.42. The van der Waals surface area contributed by atoms with E-state index in [1.165, 1.54) is 0 Å². The second-order valence-corrected chi connectivity index (χ2v) is 6.20. The molecule has 1 saturated heterocycles. The Labute approximate surface area is 144 Å². The number of carbonyl (C=O) groups excluding carboxylic acids is 2. The van der Waals surface area contributed by atoms with E-state index in [2.05, 4.69) is 5.32 Å². The largest absolute Gasteiger partial charge is 0.480 e. The van der Waals surface area contributed by atoms with Crippen molar-refractivity contribution in [2.45, 2.75) is 37.8 Å². The lowest BCUT2D eigenvalue weighted by Gasteiger charge is -2.34. The van der Waals surface area contributed by atoms with Gasteiger partial charge in [-0.3, -0.25) is 9.69 Å². The molecule has 0 aliphatic carbocycles. The van der Waals surface area contributed by atoms with E-state index in [1.54, 1.807) is 24.3 Å². The van der Waals surface area contributed by atoms with Gasteiger partial charge in [0.15, 0.2) is 0 Å². The average molecular weight is 348 g/mol. The van der Waals surface area contributed by atoms with E-state index in [-0.39, 0.29) is 19.6 Å². The van der Waals surface area contributed by atoms with Gasteiger partial charge in [0, 0.05) is 6.42 Å². The van der Waals surface area contributed by atoms with Gasteiger partial charge in [-0.1, -0.05) is 25.5 Å². The van der Waals surface area contributed by atoms with Gasteiger partial charge in [-0.05, 0) is 18.6 Å². The molecular weight excluding hydrogens is 328 g/mol. The number of ether oxygens (including phenoxy) is 2. The highest BCUT2D eigenvalue weighted by Gasteiger charge is 2.57. The monoisotopic (exact) mass is 348 g/mol. The van der Waals surface area contributed by atoms with Crippen LogP contribution < -0.4 is 10.1 Å². The Bertz CT molecular complexity index is 706. The zero-order chi connectivity index (χ0) is 18.0. The number of para-hydroxylation sites is 2. The van der Waals surface area contributed by atoms with Crippen molar-refractivity contribution in [1.82, 2.24) is 4.90 Å². The Kier molecular flexibility index (Phi) is 4.52. The maximum Gasteiger partial charge on any atom is 0.410 e. The summed E-state index contributed by atoms with van der Waals surface area (Å²) in [6.45, 7) is 1.99. The molecule has 134 valence electrons. The van der Waals surface area contributed by atoms with E-state index in [0.29, 0.717) is 17.9 Å². The number of carbonyl (C=O) groups is 3. The molecule has 3 rings (SSSR count). The molecule has 1 unspecified atom stereocenters. The van der Waals surface area contributed by atoms with Crippen LogP contribution in [0.5, 0.6) is 5.75 Å². The fraction of sp³-hybridized carbons (Fsp3) is 0.471. The fourth-order valence-electron chi connectivity index (χ4n) is 3.06. The Morgan fingerprint density at radius 3 is 2.92 bits per heavy atom. The Morgan fingerprint density at radius 2 is 2.20 bits per heavy atom. The average Bonchev–Trinajstić information content (AvgIpc) is 2.97. The van der Waals surface area contributed by atoms with Gasteiger partial charge in [0.05, 0.1) is 18.8 Å². The highest BCUT2D eigenvalue weighted by molar-refractivity contribution is 6.02. The van der Waals surface area contributed by atoms with Gasteiger partial charge in [0.2, 0.25) is 5.60 Å². The van der Waals surface area contributed by atoms with Gasteiger partial charge >= 0.3 is 12.1 Å². The number of likely N-dealkylation sites (tertiary alicyclic amines) is 1. The molecule has 8 heteroatoms. The van der Waals surface area contributed by atoms with Gasteiger partial charge in [-0.25, -0.2) is 9.59 Å². The number of nitrogens with one attached hydrogen (secondary N) is 1. The van der Waals surface area contributed by atoms with E-state index < -0.39 is 29.6 Å². The first-order chi connectivity index (χ1) is 12.0. The smallest absolute Gasteiger partial charge is 0.410 e. The van der Waals surface area contributed by atoms with Crippen molar-refractivity contribution >= 4 is 23.7 Å². The first-order valence-electron chi connectivity index (χ1n) is 8.22. The highest BCUT2D eigenvalue weighted by Crippen LogP contribution is 2.40. The minimum Gasteiger partial charge on any atom is -0.480 e. The quantitative estimate of drug-likeness (QED) is 0.805. The highest BCUT2D eigenvalue weighted by atomic mass is 16.6. The number of hydrogen-bond donors (Lipinski definition) is 2. The zero-order valence-corrected chi connectivity index (χ0v) is 13.9. The Morgan fingerprint density at radius 1 is 1.44 bits per heavy atom. The van der Waals surface area contributed by atoms with Crippen molar-refractivity contribution in [1.29, 1.82) is 0 Å². The molecule has 2 atom stereocenters. The van der Waals surface area contributed by atoms with Crippen LogP contribution in [0.15, 0.2) is 24.3 Å². The topological polar surface area (TPSA) is 105 Å². The lowest BCUT2D eigenvalue weighted by atomic mass is 9.96. The molecule has 0 bridgehead atoms. The van der Waals surface area contributed by atoms with Crippen LogP contribution in [0.2, 0.25) is 0 Å². The molecule has 2 N–H and O–H groups in total. The van der Waals surface area contributed by atoms with Crippen LogP contribution in [-0.4, -0.2) is 52.8 Å². The van der Waals surface area contributed by atoms with Gasteiger partial charge < -0.3 is 19.9 Å². The van der Waals surface area contributed by atoms with Crippen molar-refractivity contribution in [2.75, 3.05) is 18.5 Å². The van der Waals surface area contributed by atoms with Crippen molar-refractivity contribution in [3.63, 3.8) is 0 Å². The number of nitrogens with zero attached hydrogens (tertiary/aromatic N) is 1. The maximum absolute atomic E-state index is 12.6. The summed E-state index contributed by atoms with van der Waals surface area (Å²) in [5.41, 5.74) is -0.907. The van der Waals surface area contributed by atoms with Gasteiger partial charge in [-0.2, -0.15) is 0 Å². The number of benzene rings is 1. The summed E-state index contributed by atoms with van der Waals surface area (Å²) in [5, 5.41) is 12.2. The number of fused-ring (bicyclic) bond motifs is 1. The minimum atomic E-state index is -1.43. The van der Waals surface area contributed by atoms with Gasteiger partial charge in [-0.15, -0.1) is 0 Å². The van der Waals surface area contributed by atoms with E-state index in [4.69, 9.17) is 9.47 Å². The van der Waals surface area contributed by atoms with Crippen molar-refractivity contribution in [3.05, 3.63) is 24.3 Å². The maximum atomic E-state index is 12.6. The second kappa shape index (κ2) is 6.62. The summed E-state index contributed by atoms with van der Waals surface area (Å²) in [5.74, 6) is -1.20. The molecule has 0 saturated carbocycles. The molecule has 0 aromatic heterocycles. The first-order valence-corrected chi connectivity index (χ1v) is 8.22. The molecular formula is C17H20N2O6. The van der Waals surface area contributed by atoms with E-state index >= 15 is 0 Å². The minimum absolute atomic E-state index is 0.134. The van der Waals surface area contributed by atoms with Crippen LogP contribution in [0, 0.1) is 0 Å². The third kappa shape index (κ3) is 3.11. The summed E-state index contributed by atoms with van der Waals surface area (Å²) in [6.07, 6.45) is 0.660. The van der Waals surface area contributed by atoms with Crippen molar-refractivity contribution in [2.24, 2.45) is 0 Å². The molecule has 2 amide bonds. The number of unbranched alkanes of at least 4 members (excludes halogenated alkanes) is 1. The number of rotatable bonds is 4. The van der Waals surface area contributed by atoms with Crippen LogP contribution in [0.4, 0.5) is 10.5 Å². The standard InChI is InChI=1S/C17H20N2O6/c1-2-3-8-24-16(23)19-10-17(9-12(19)14(20)21)15(22)18-11-6-4-5-7-13(11)25-17/h4-7,12H,2-3,8-10H2,1H3,(H,18,22)(H,20,21)/t12-,17?/m0/s1. The SMILES string of the molecule is CCCCOC(=O)N1CC2(C[C@H]1C(=O)O)Oc1ccccc1NC2=O. The number of amides is 2. The lowest BCUT2D eigenvalue weighted by molar-refractivity contribution is -0.141. The van der Waals surface area contributed by atoms with Crippen LogP contribution in [-0.2, 0) is 14.3 Å². The summed E-state index contributed by atoms with van der Waals surface area (Å²) in [4.78, 5) is 37.5. The van der Waals surface area contributed by atoms with Crippen LogP contribution >= 0.6 is 0 Å². The molecule has 1 aromatic rings. The van der Waals surface area contributed by atoms with Crippen LogP contribution in [0.3, 0.4) is 0 Å². The first kappa shape index (κ1) is 17.1. The number of carboxylic acids is 1. The summed E-state index contributed by atoms with van der Waals surface area (Å²) in [6, 6.07) is 5.72. The third-order valence-electron chi connectivity index (χ3n) is 4.42. The Balaban J connectivity index is 1.83. The number of carboxylic acid groups (broad SMARTS) is 1. The van der Waals surface area contributed by atoms with E-state index in [1.807, 2.05) is 6.92 Å². The molecule has 2 heterocycles. The van der Waals surface area contributed by atoms with Gasteiger partial charge in [0.1, 0.15) is 11.8 Å².